The highest BCUT2D eigenvalue weighted by molar-refractivity contribution is 6.30. The van der Waals surface area contributed by atoms with Crippen LogP contribution in [0.1, 0.15) is 13.3 Å². The quantitative estimate of drug-likeness (QED) is 0.745. The van der Waals surface area contributed by atoms with Crippen molar-refractivity contribution in [3.05, 3.63) is 23.2 Å². The molecule has 9 heteroatoms. The highest BCUT2D eigenvalue weighted by Gasteiger charge is 2.29. The van der Waals surface area contributed by atoms with Gasteiger partial charge in [0.2, 0.25) is 0 Å². The summed E-state index contributed by atoms with van der Waals surface area (Å²) in [4.78, 5) is 11.7. The van der Waals surface area contributed by atoms with Gasteiger partial charge in [0.15, 0.2) is 6.61 Å². The van der Waals surface area contributed by atoms with E-state index in [1.54, 1.807) is 6.92 Å². The average molecular weight is 341 g/mol. The summed E-state index contributed by atoms with van der Waals surface area (Å²) in [5.74, 6) is -0.185. The Bertz CT molecular complexity index is 512. The summed E-state index contributed by atoms with van der Waals surface area (Å²) >= 11 is 5.71. The van der Waals surface area contributed by atoms with E-state index in [1.807, 2.05) is 0 Å². The number of hydrogen-bond donors (Lipinski definition) is 3. The maximum Gasteiger partial charge on any atom is 0.422 e. The standard InChI is InChI=1S/C13H16ClF3N2O3/c1-8(4-5-20)18-12(21)19-10-3-2-9(14)6-11(10)22-7-13(15,16)17/h2-3,6,8,20H,4-5,7H2,1H3,(H2,18,19,21)/t8-/m1/s1. The van der Waals surface area contributed by atoms with E-state index >= 15 is 0 Å². The molecule has 0 unspecified atom stereocenters. The summed E-state index contributed by atoms with van der Waals surface area (Å²) in [6, 6.07) is 3.01. The molecule has 0 fully saturated rings. The number of hydrogen-bond acceptors (Lipinski definition) is 3. The Morgan fingerprint density at radius 1 is 1.45 bits per heavy atom. The lowest BCUT2D eigenvalue weighted by atomic mass is 10.2. The molecule has 1 aromatic carbocycles. The van der Waals surface area contributed by atoms with E-state index in [0.717, 1.165) is 0 Å². The predicted molar refractivity (Wildman–Crippen MR) is 76.3 cm³/mol. The number of anilines is 1. The average Bonchev–Trinajstić information content (AvgIpc) is 2.38. The highest BCUT2D eigenvalue weighted by atomic mass is 35.5. The van der Waals surface area contributed by atoms with Gasteiger partial charge in [-0.1, -0.05) is 11.6 Å². The van der Waals surface area contributed by atoms with E-state index in [0.29, 0.717) is 6.42 Å². The van der Waals surface area contributed by atoms with Gasteiger partial charge in [0.05, 0.1) is 5.69 Å². The molecule has 0 bridgehead atoms. The summed E-state index contributed by atoms with van der Waals surface area (Å²) in [5.41, 5.74) is 0.0577. The number of ether oxygens (including phenoxy) is 1. The zero-order valence-corrected chi connectivity index (χ0v) is 12.5. The number of carbonyl (C=O) groups excluding carboxylic acids is 1. The fourth-order valence-corrected chi connectivity index (χ4v) is 1.69. The van der Waals surface area contributed by atoms with Crippen molar-refractivity contribution in [2.75, 3.05) is 18.5 Å². The molecule has 0 heterocycles. The number of nitrogens with one attached hydrogen (secondary N) is 2. The number of alkyl halides is 3. The molecule has 22 heavy (non-hydrogen) atoms. The lowest BCUT2D eigenvalue weighted by molar-refractivity contribution is -0.153. The fraction of sp³-hybridized carbons (Fsp3) is 0.462. The molecule has 5 nitrogen and oxygen atoms in total. The second-order valence-electron chi connectivity index (χ2n) is 4.56. The van der Waals surface area contributed by atoms with Crippen molar-refractivity contribution in [2.45, 2.75) is 25.6 Å². The minimum absolute atomic E-state index is 0.0577. The Morgan fingerprint density at radius 3 is 2.73 bits per heavy atom. The molecule has 0 aromatic heterocycles. The smallest absolute Gasteiger partial charge is 0.422 e. The monoisotopic (exact) mass is 340 g/mol. The topological polar surface area (TPSA) is 70.6 Å². The van der Waals surface area contributed by atoms with Gasteiger partial charge in [-0.2, -0.15) is 13.2 Å². The largest absolute Gasteiger partial charge is 0.482 e. The minimum Gasteiger partial charge on any atom is -0.482 e. The van der Waals surface area contributed by atoms with Crippen LogP contribution in [0.2, 0.25) is 5.02 Å². The van der Waals surface area contributed by atoms with Gasteiger partial charge in [0, 0.05) is 23.7 Å². The number of rotatable bonds is 6. The Morgan fingerprint density at radius 2 is 2.14 bits per heavy atom. The molecule has 0 saturated carbocycles. The van der Waals surface area contributed by atoms with Crippen LogP contribution in [-0.4, -0.2) is 36.6 Å². The van der Waals surface area contributed by atoms with Gasteiger partial charge in [-0.25, -0.2) is 4.79 Å². The van der Waals surface area contributed by atoms with Crippen LogP contribution in [0.3, 0.4) is 0 Å². The maximum atomic E-state index is 12.2. The molecule has 1 atom stereocenters. The third-order valence-electron chi connectivity index (χ3n) is 2.52. The summed E-state index contributed by atoms with van der Waals surface area (Å²) < 4.78 is 41.3. The molecule has 0 saturated heterocycles. The summed E-state index contributed by atoms with van der Waals surface area (Å²) in [6.07, 6.45) is -4.15. The molecule has 0 spiro atoms. The van der Waals surface area contributed by atoms with E-state index in [-0.39, 0.29) is 29.1 Å². The van der Waals surface area contributed by atoms with Gasteiger partial charge >= 0.3 is 12.2 Å². The number of carbonyl (C=O) groups is 1. The van der Waals surface area contributed by atoms with Crippen molar-refractivity contribution < 1.29 is 27.8 Å². The predicted octanol–water partition coefficient (Wildman–Crippen LogP) is 3.17. The van der Waals surface area contributed by atoms with Crippen molar-refractivity contribution in [3.8, 4) is 5.75 Å². The lowest BCUT2D eigenvalue weighted by Crippen LogP contribution is -2.36. The van der Waals surface area contributed by atoms with Crippen LogP contribution in [-0.2, 0) is 0 Å². The van der Waals surface area contributed by atoms with E-state index in [4.69, 9.17) is 16.7 Å². The zero-order valence-electron chi connectivity index (χ0n) is 11.7. The molecule has 0 aliphatic heterocycles. The van der Waals surface area contributed by atoms with Gasteiger partial charge in [-0.05, 0) is 25.5 Å². The SMILES string of the molecule is C[C@H](CCO)NC(=O)Nc1ccc(Cl)cc1OCC(F)(F)F. The van der Waals surface area contributed by atoms with Crippen molar-refractivity contribution in [1.82, 2.24) is 5.32 Å². The summed E-state index contributed by atoms with van der Waals surface area (Å²) in [5, 5.41) is 13.8. The number of halogens is 4. The third kappa shape index (κ3) is 6.86. The molecule has 1 aromatic rings. The Balaban J connectivity index is 2.74. The Kier molecular flexibility index (Phi) is 6.76. The molecule has 0 aliphatic rings. The first-order valence-electron chi connectivity index (χ1n) is 6.38. The summed E-state index contributed by atoms with van der Waals surface area (Å²) in [7, 11) is 0. The molecule has 0 radical (unpaired) electrons. The first-order valence-corrected chi connectivity index (χ1v) is 6.76. The van der Waals surface area contributed by atoms with Crippen molar-refractivity contribution >= 4 is 23.3 Å². The molecule has 3 N–H and O–H groups in total. The molecule has 0 aliphatic carbocycles. The van der Waals surface area contributed by atoms with E-state index in [2.05, 4.69) is 15.4 Å². The fourth-order valence-electron chi connectivity index (χ4n) is 1.53. The number of aliphatic hydroxyl groups excluding tert-OH is 1. The Hall–Kier alpha value is -1.67. The zero-order chi connectivity index (χ0) is 16.8. The van der Waals surface area contributed by atoms with E-state index < -0.39 is 18.8 Å². The third-order valence-corrected chi connectivity index (χ3v) is 2.76. The second-order valence-corrected chi connectivity index (χ2v) is 4.99. The first kappa shape index (κ1) is 18.4. The lowest BCUT2D eigenvalue weighted by Gasteiger charge is -2.16. The normalized spacial score (nSPS) is 12.6. The van der Waals surface area contributed by atoms with Crippen LogP contribution in [0.4, 0.5) is 23.7 Å². The molecular formula is C13H16ClF3N2O3. The second kappa shape index (κ2) is 8.09. The van der Waals surface area contributed by atoms with E-state index in [9.17, 15) is 18.0 Å². The Labute approximate surface area is 130 Å². The van der Waals surface area contributed by atoms with Crippen LogP contribution in [0, 0.1) is 0 Å². The summed E-state index contributed by atoms with van der Waals surface area (Å²) in [6.45, 7) is 0.0889. The van der Waals surface area contributed by atoms with Gasteiger partial charge in [0.25, 0.3) is 0 Å². The minimum atomic E-state index is -4.50. The number of aliphatic hydroxyl groups is 1. The highest BCUT2D eigenvalue weighted by Crippen LogP contribution is 2.29. The van der Waals surface area contributed by atoms with Crippen molar-refractivity contribution in [1.29, 1.82) is 0 Å². The number of amides is 2. The van der Waals surface area contributed by atoms with Crippen LogP contribution in [0.15, 0.2) is 18.2 Å². The molecule has 124 valence electrons. The van der Waals surface area contributed by atoms with Gasteiger partial charge in [-0.3, -0.25) is 0 Å². The van der Waals surface area contributed by atoms with Crippen molar-refractivity contribution in [3.63, 3.8) is 0 Å². The van der Waals surface area contributed by atoms with E-state index in [1.165, 1.54) is 18.2 Å². The van der Waals surface area contributed by atoms with Crippen molar-refractivity contribution in [2.24, 2.45) is 0 Å². The number of benzene rings is 1. The molecular weight excluding hydrogens is 325 g/mol. The van der Waals surface area contributed by atoms with Gasteiger partial charge in [0.1, 0.15) is 5.75 Å². The van der Waals surface area contributed by atoms with Crippen LogP contribution < -0.4 is 15.4 Å². The molecule has 2 amide bonds. The van der Waals surface area contributed by atoms with Gasteiger partial charge < -0.3 is 20.5 Å². The van der Waals surface area contributed by atoms with Crippen LogP contribution in [0.25, 0.3) is 0 Å². The first-order chi connectivity index (χ1) is 10.2. The molecule has 1 rings (SSSR count). The van der Waals surface area contributed by atoms with Crippen LogP contribution in [0.5, 0.6) is 5.75 Å². The van der Waals surface area contributed by atoms with Crippen LogP contribution >= 0.6 is 11.6 Å². The van der Waals surface area contributed by atoms with Gasteiger partial charge in [-0.15, -0.1) is 0 Å². The maximum absolute atomic E-state index is 12.2. The number of urea groups is 1.